The molecule has 1 aromatic carbocycles. The summed E-state index contributed by atoms with van der Waals surface area (Å²) in [6.07, 6.45) is 3.59. The number of methoxy groups -OCH3 is 1. The molecule has 0 amide bonds. The first-order valence-corrected chi connectivity index (χ1v) is 7.69. The van der Waals surface area contributed by atoms with Crippen LogP contribution in [0.3, 0.4) is 0 Å². The van der Waals surface area contributed by atoms with E-state index in [4.69, 9.17) is 9.84 Å². The molecule has 0 aliphatic rings. The predicted octanol–water partition coefficient (Wildman–Crippen LogP) is 2.84. The highest BCUT2D eigenvalue weighted by molar-refractivity contribution is 7.85. The Morgan fingerprint density at radius 1 is 1.16 bits per heavy atom. The van der Waals surface area contributed by atoms with Crippen molar-refractivity contribution >= 4 is 16.8 Å². The summed E-state index contributed by atoms with van der Waals surface area (Å²) >= 11 is 0. The first-order valence-electron chi connectivity index (χ1n) is 6.37. The van der Waals surface area contributed by atoms with Crippen molar-refractivity contribution < 1.29 is 18.8 Å². The van der Waals surface area contributed by atoms with Crippen LogP contribution >= 0.6 is 0 Å². The number of carbonyl (C=O) groups is 1. The van der Waals surface area contributed by atoms with E-state index >= 15 is 0 Å². The summed E-state index contributed by atoms with van der Waals surface area (Å²) in [5.41, 5.74) is 0. The first kappa shape index (κ1) is 15.7. The van der Waals surface area contributed by atoms with Crippen LogP contribution in [0.1, 0.15) is 32.1 Å². The number of benzene rings is 1. The number of ether oxygens (including phenoxy) is 1. The van der Waals surface area contributed by atoms with Gasteiger partial charge in [-0.05, 0) is 37.1 Å². The third-order valence-electron chi connectivity index (χ3n) is 2.79. The molecule has 0 spiro atoms. The SMILES string of the molecule is COc1ccc([S@@](=O)CCCCCCC(=O)O)cc1. The molecule has 0 aromatic heterocycles. The fourth-order valence-corrected chi connectivity index (χ4v) is 2.85. The zero-order valence-corrected chi connectivity index (χ0v) is 11.9. The quantitative estimate of drug-likeness (QED) is 0.708. The average molecular weight is 284 g/mol. The number of unbranched alkanes of at least 4 members (excludes halogenated alkanes) is 3. The lowest BCUT2D eigenvalue weighted by Crippen LogP contribution is -1.99. The standard InChI is InChI=1S/C14H20O4S/c1-18-12-7-9-13(10-8-12)19(17)11-5-3-2-4-6-14(15)16/h7-10H,2-6,11H2,1H3,(H,15,16)/t19-/m0/s1. The molecule has 106 valence electrons. The molecule has 0 saturated heterocycles. The van der Waals surface area contributed by atoms with Crippen LogP contribution in [0.25, 0.3) is 0 Å². The Hall–Kier alpha value is -1.36. The smallest absolute Gasteiger partial charge is 0.303 e. The fourth-order valence-electron chi connectivity index (χ4n) is 1.71. The highest BCUT2D eigenvalue weighted by Gasteiger charge is 2.04. The maximum atomic E-state index is 12.0. The van der Waals surface area contributed by atoms with Gasteiger partial charge in [0.05, 0.1) is 17.9 Å². The van der Waals surface area contributed by atoms with E-state index < -0.39 is 16.8 Å². The van der Waals surface area contributed by atoms with Gasteiger partial charge in [-0.15, -0.1) is 0 Å². The van der Waals surface area contributed by atoms with Crippen LogP contribution in [-0.2, 0) is 15.6 Å². The van der Waals surface area contributed by atoms with Gasteiger partial charge in [0.1, 0.15) is 5.75 Å². The molecule has 1 atom stereocenters. The third-order valence-corrected chi connectivity index (χ3v) is 4.25. The molecule has 0 unspecified atom stereocenters. The van der Waals surface area contributed by atoms with E-state index in [1.807, 2.05) is 12.1 Å². The lowest BCUT2D eigenvalue weighted by molar-refractivity contribution is -0.137. The van der Waals surface area contributed by atoms with Gasteiger partial charge in [0.2, 0.25) is 0 Å². The summed E-state index contributed by atoms with van der Waals surface area (Å²) in [4.78, 5) is 11.1. The van der Waals surface area contributed by atoms with Crippen LogP contribution in [0.5, 0.6) is 5.75 Å². The molecule has 0 saturated carbocycles. The van der Waals surface area contributed by atoms with Gasteiger partial charge in [-0.1, -0.05) is 12.8 Å². The van der Waals surface area contributed by atoms with Gasteiger partial charge in [0.25, 0.3) is 0 Å². The number of rotatable bonds is 9. The lowest BCUT2D eigenvalue weighted by Gasteiger charge is -2.04. The number of aliphatic carboxylic acids is 1. The largest absolute Gasteiger partial charge is 0.497 e. The Morgan fingerprint density at radius 3 is 2.37 bits per heavy atom. The van der Waals surface area contributed by atoms with Crippen molar-refractivity contribution in [1.29, 1.82) is 0 Å². The molecule has 0 aliphatic carbocycles. The highest BCUT2D eigenvalue weighted by Crippen LogP contribution is 2.15. The Bertz CT molecular complexity index is 414. The van der Waals surface area contributed by atoms with E-state index in [0.29, 0.717) is 12.2 Å². The Labute approximate surface area is 116 Å². The monoisotopic (exact) mass is 284 g/mol. The minimum absolute atomic E-state index is 0.224. The van der Waals surface area contributed by atoms with Crippen LogP contribution in [0.4, 0.5) is 0 Å². The first-order chi connectivity index (χ1) is 9.13. The minimum atomic E-state index is -0.980. The van der Waals surface area contributed by atoms with E-state index in [0.717, 1.165) is 29.9 Å². The summed E-state index contributed by atoms with van der Waals surface area (Å²) in [5.74, 6) is 0.635. The van der Waals surface area contributed by atoms with E-state index in [2.05, 4.69) is 0 Å². The summed E-state index contributed by atoms with van der Waals surface area (Å²) in [6, 6.07) is 7.25. The van der Waals surface area contributed by atoms with Gasteiger partial charge < -0.3 is 9.84 Å². The number of carboxylic acid groups (broad SMARTS) is 1. The van der Waals surface area contributed by atoms with Gasteiger partial charge in [0, 0.05) is 17.1 Å². The maximum absolute atomic E-state index is 12.0. The second-order valence-corrected chi connectivity index (χ2v) is 5.85. The number of hydrogen-bond acceptors (Lipinski definition) is 3. The summed E-state index contributed by atoms with van der Waals surface area (Å²) in [7, 11) is 0.621. The van der Waals surface area contributed by atoms with Crippen molar-refractivity contribution in [2.45, 2.75) is 37.0 Å². The van der Waals surface area contributed by atoms with E-state index in [1.165, 1.54) is 0 Å². The van der Waals surface area contributed by atoms with Crippen LogP contribution in [0, 0.1) is 0 Å². The molecule has 0 fully saturated rings. The predicted molar refractivity (Wildman–Crippen MR) is 75.0 cm³/mol. The summed E-state index contributed by atoms with van der Waals surface area (Å²) in [5, 5.41) is 8.49. The zero-order chi connectivity index (χ0) is 14.1. The van der Waals surface area contributed by atoms with Crippen LogP contribution in [0.2, 0.25) is 0 Å². The molecule has 0 bridgehead atoms. The molecule has 4 nitrogen and oxygen atoms in total. The number of hydrogen-bond donors (Lipinski definition) is 1. The molecule has 5 heteroatoms. The Balaban J connectivity index is 2.21. The van der Waals surface area contributed by atoms with Crippen molar-refractivity contribution in [2.75, 3.05) is 12.9 Å². The zero-order valence-electron chi connectivity index (χ0n) is 11.1. The Morgan fingerprint density at radius 2 is 1.79 bits per heavy atom. The molecule has 0 heterocycles. The average Bonchev–Trinajstić information content (AvgIpc) is 2.42. The van der Waals surface area contributed by atoms with Crippen molar-refractivity contribution in [2.24, 2.45) is 0 Å². The van der Waals surface area contributed by atoms with Crippen molar-refractivity contribution in [1.82, 2.24) is 0 Å². The molecule has 1 rings (SSSR count). The van der Waals surface area contributed by atoms with Gasteiger partial charge in [0.15, 0.2) is 0 Å². The number of carboxylic acids is 1. The summed E-state index contributed by atoms with van der Waals surface area (Å²) in [6.45, 7) is 0. The fraction of sp³-hybridized carbons (Fsp3) is 0.500. The van der Waals surface area contributed by atoms with Gasteiger partial charge in [-0.2, -0.15) is 0 Å². The van der Waals surface area contributed by atoms with Crippen molar-refractivity contribution in [3.63, 3.8) is 0 Å². The van der Waals surface area contributed by atoms with Crippen LogP contribution in [0.15, 0.2) is 29.2 Å². The summed E-state index contributed by atoms with van der Waals surface area (Å²) < 4.78 is 17.0. The third kappa shape index (κ3) is 6.38. The van der Waals surface area contributed by atoms with Gasteiger partial charge in [-0.3, -0.25) is 9.00 Å². The highest BCUT2D eigenvalue weighted by atomic mass is 32.2. The molecular weight excluding hydrogens is 264 g/mol. The van der Waals surface area contributed by atoms with Crippen molar-refractivity contribution in [3.8, 4) is 5.75 Å². The molecule has 0 radical (unpaired) electrons. The normalized spacial score (nSPS) is 12.1. The second-order valence-electron chi connectivity index (χ2n) is 4.28. The molecule has 19 heavy (non-hydrogen) atoms. The molecule has 1 N–H and O–H groups in total. The molecule has 0 aliphatic heterocycles. The molecule has 1 aromatic rings. The topological polar surface area (TPSA) is 63.6 Å². The lowest BCUT2D eigenvalue weighted by atomic mass is 10.2. The van der Waals surface area contributed by atoms with Gasteiger partial charge in [-0.25, -0.2) is 0 Å². The Kier molecular flexibility index (Phi) is 7.18. The van der Waals surface area contributed by atoms with E-state index in [1.54, 1.807) is 19.2 Å². The van der Waals surface area contributed by atoms with Crippen molar-refractivity contribution in [3.05, 3.63) is 24.3 Å². The van der Waals surface area contributed by atoms with Gasteiger partial charge >= 0.3 is 5.97 Å². The van der Waals surface area contributed by atoms with E-state index in [9.17, 15) is 9.00 Å². The maximum Gasteiger partial charge on any atom is 0.303 e. The second kappa shape index (κ2) is 8.69. The van der Waals surface area contributed by atoms with E-state index in [-0.39, 0.29) is 6.42 Å². The van der Waals surface area contributed by atoms with Crippen LogP contribution < -0.4 is 4.74 Å². The minimum Gasteiger partial charge on any atom is -0.497 e. The van der Waals surface area contributed by atoms with Crippen LogP contribution in [-0.4, -0.2) is 28.1 Å². The molecular formula is C14H20O4S.